The average Bonchev–Trinajstić information content (AvgIpc) is 2.02. The molecule has 1 amide bonds. The Bertz CT molecular complexity index is 376. The fraction of sp³-hybridized carbons (Fsp3) is 0. The van der Waals surface area contributed by atoms with Crippen LogP contribution in [0.3, 0.4) is 0 Å². The summed E-state index contributed by atoms with van der Waals surface area (Å²) >= 11 is 0. The molecule has 0 aliphatic heterocycles. The largest absolute Gasteiger partial charge is 0.378 e. The smallest absolute Gasteiger partial charge is 0.323 e. The van der Waals surface area contributed by atoms with E-state index in [-0.39, 0.29) is 11.4 Å². The first-order valence-electron chi connectivity index (χ1n) is 3.22. The van der Waals surface area contributed by atoms with Crippen LogP contribution in [0.15, 0.2) is 12.3 Å². The molecule has 1 rings (SSSR count). The van der Waals surface area contributed by atoms with Crippen molar-refractivity contribution >= 4 is 17.4 Å². The molecule has 0 radical (unpaired) electrons. The van der Waals surface area contributed by atoms with Crippen LogP contribution in [0, 0.1) is 10.1 Å². The summed E-state index contributed by atoms with van der Waals surface area (Å²) in [5.74, 6) is -1.22. The summed E-state index contributed by atoms with van der Waals surface area (Å²) in [6.07, 6.45) is 1.18. The van der Waals surface area contributed by atoms with Gasteiger partial charge in [-0.25, -0.2) is 4.98 Å². The Labute approximate surface area is 72.5 Å². The van der Waals surface area contributed by atoms with Crippen LogP contribution < -0.4 is 11.5 Å². The summed E-state index contributed by atoms with van der Waals surface area (Å²) < 4.78 is 0. The molecule has 4 N–H and O–H groups in total. The van der Waals surface area contributed by atoms with Crippen LogP contribution in [-0.4, -0.2) is 15.8 Å². The second-order valence-electron chi connectivity index (χ2n) is 2.21. The Morgan fingerprint density at radius 2 is 2.23 bits per heavy atom. The summed E-state index contributed by atoms with van der Waals surface area (Å²) in [5, 5.41) is 10.4. The Hall–Kier alpha value is -2.18. The number of amides is 1. The minimum Gasteiger partial charge on any atom is -0.378 e. The number of nitrogens with zero attached hydrogens (tertiary/aromatic N) is 2. The number of aromatic nitrogens is 1. The van der Waals surface area contributed by atoms with Gasteiger partial charge in [0.05, 0.1) is 4.92 Å². The zero-order valence-electron chi connectivity index (χ0n) is 6.43. The zero-order chi connectivity index (χ0) is 10.0. The molecule has 0 saturated heterocycles. The number of nitro groups is 1. The predicted octanol–water partition coefficient (Wildman–Crippen LogP) is -0.329. The number of nitrogens with two attached hydrogens (primary N) is 2. The summed E-state index contributed by atoms with van der Waals surface area (Å²) in [6, 6.07) is 1.15. The quantitative estimate of drug-likeness (QED) is 0.478. The van der Waals surface area contributed by atoms with E-state index >= 15 is 0 Å². The van der Waals surface area contributed by atoms with Crippen molar-refractivity contribution in [3.63, 3.8) is 0 Å². The van der Waals surface area contributed by atoms with E-state index in [9.17, 15) is 14.9 Å². The van der Waals surface area contributed by atoms with Crippen LogP contribution in [0.1, 0.15) is 10.4 Å². The van der Waals surface area contributed by atoms with Crippen LogP contribution in [0.25, 0.3) is 0 Å². The monoisotopic (exact) mass is 182 g/mol. The van der Waals surface area contributed by atoms with Crippen molar-refractivity contribution in [1.82, 2.24) is 4.98 Å². The molecule has 13 heavy (non-hydrogen) atoms. The van der Waals surface area contributed by atoms with E-state index in [1.165, 1.54) is 6.20 Å². The highest BCUT2D eigenvalue weighted by Crippen LogP contribution is 2.22. The number of rotatable bonds is 2. The van der Waals surface area contributed by atoms with Gasteiger partial charge < -0.3 is 11.5 Å². The third-order valence-corrected chi connectivity index (χ3v) is 1.40. The highest BCUT2D eigenvalue weighted by Gasteiger charge is 2.22. The molecular weight excluding hydrogens is 176 g/mol. The summed E-state index contributed by atoms with van der Waals surface area (Å²) in [5.41, 5.74) is 9.31. The highest BCUT2D eigenvalue weighted by atomic mass is 16.6. The molecule has 0 bridgehead atoms. The lowest BCUT2D eigenvalue weighted by molar-refractivity contribution is -0.384. The highest BCUT2D eigenvalue weighted by molar-refractivity contribution is 5.98. The Morgan fingerprint density at radius 1 is 1.62 bits per heavy atom. The summed E-state index contributed by atoms with van der Waals surface area (Å²) in [4.78, 5) is 23.8. The third-order valence-electron chi connectivity index (χ3n) is 1.40. The first-order valence-corrected chi connectivity index (χ1v) is 3.22. The SMILES string of the molecule is NC(=O)c1ccnc(N)c1[N+](=O)[O-]. The van der Waals surface area contributed by atoms with Crippen LogP contribution in [-0.2, 0) is 0 Å². The minimum atomic E-state index is -0.902. The molecule has 1 aromatic heterocycles. The van der Waals surface area contributed by atoms with Gasteiger partial charge in [0.15, 0.2) is 0 Å². The third kappa shape index (κ3) is 1.53. The predicted molar refractivity (Wildman–Crippen MR) is 43.8 cm³/mol. The molecule has 0 atom stereocenters. The van der Waals surface area contributed by atoms with E-state index in [0.29, 0.717) is 0 Å². The minimum absolute atomic E-state index is 0.238. The number of pyridine rings is 1. The van der Waals surface area contributed by atoms with E-state index in [1.54, 1.807) is 0 Å². The molecular formula is C6H6N4O3. The Morgan fingerprint density at radius 3 is 2.62 bits per heavy atom. The number of carbonyl (C=O) groups is 1. The van der Waals surface area contributed by atoms with Crippen LogP contribution in [0.5, 0.6) is 0 Å². The number of hydrogen-bond acceptors (Lipinski definition) is 5. The van der Waals surface area contributed by atoms with Gasteiger partial charge in [0.1, 0.15) is 5.56 Å². The Balaban J connectivity index is 3.43. The van der Waals surface area contributed by atoms with Gasteiger partial charge in [-0.15, -0.1) is 0 Å². The lowest BCUT2D eigenvalue weighted by Crippen LogP contribution is -2.14. The lowest BCUT2D eigenvalue weighted by atomic mass is 10.2. The summed E-state index contributed by atoms with van der Waals surface area (Å²) in [7, 11) is 0. The fourth-order valence-corrected chi connectivity index (χ4v) is 0.861. The maximum atomic E-state index is 10.7. The molecule has 1 aromatic rings. The molecule has 0 spiro atoms. The van der Waals surface area contributed by atoms with Gasteiger partial charge in [-0.05, 0) is 6.07 Å². The van der Waals surface area contributed by atoms with Gasteiger partial charge >= 0.3 is 5.69 Å². The lowest BCUT2D eigenvalue weighted by Gasteiger charge is -1.99. The normalized spacial score (nSPS) is 9.54. The van der Waals surface area contributed by atoms with E-state index in [1.807, 2.05) is 0 Å². The van der Waals surface area contributed by atoms with Crippen LogP contribution in [0.4, 0.5) is 11.5 Å². The number of nitrogen functional groups attached to an aromatic ring is 1. The van der Waals surface area contributed by atoms with Gasteiger partial charge in [0, 0.05) is 6.20 Å². The standard InChI is InChI=1S/C6H6N4O3/c7-5-4(10(12)13)3(6(8)11)1-2-9-5/h1-2H,(H2,7,9)(H2,8,11). The molecule has 68 valence electrons. The van der Waals surface area contributed by atoms with Crippen LogP contribution >= 0.6 is 0 Å². The molecule has 0 aromatic carbocycles. The van der Waals surface area contributed by atoms with Gasteiger partial charge in [-0.1, -0.05) is 0 Å². The van der Waals surface area contributed by atoms with Crippen molar-refractivity contribution in [2.45, 2.75) is 0 Å². The number of anilines is 1. The van der Waals surface area contributed by atoms with Crippen LogP contribution in [0.2, 0.25) is 0 Å². The van der Waals surface area contributed by atoms with E-state index < -0.39 is 16.5 Å². The molecule has 1 heterocycles. The fourth-order valence-electron chi connectivity index (χ4n) is 0.861. The van der Waals surface area contributed by atoms with Crippen molar-refractivity contribution in [3.8, 4) is 0 Å². The molecule has 7 heteroatoms. The van der Waals surface area contributed by atoms with Gasteiger partial charge in [-0.3, -0.25) is 14.9 Å². The number of primary amides is 1. The first-order chi connectivity index (χ1) is 6.04. The topological polar surface area (TPSA) is 125 Å². The van der Waals surface area contributed by atoms with E-state index in [4.69, 9.17) is 11.5 Å². The van der Waals surface area contributed by atoms with Crippen molar-refractivity contribution in [3.05, 3.63) is 27.9 Å². The van der Waals surface area contributed by atoms with E-state index in [0.717, 1.165) is 6.07 Å². The van der Waals surface area contributed by atoms with Crippen molar-refractivity contribution in [1.29, 1.82) is 0 Å². The Kier molecular flexibility index (Phi) is 2.09. The molecule has 7 nitrogen and oxygen atoms in total. The first kappa shape index (κ1) is 8.91. The van der Waals surface area contributed by atoms with Gasteiger partial charge in [-0.2, -0.15) is 0 Å². The van der Waals surface area contributed by atoms with Crippen molar-refractivity contribution in [2.24, 2.45) is 5.73 Å². The molecule has 0 aliphatic rings. The average molecular weight is 182 g/mol. The van der Waals surface area contributed by atoms with Gasteiger partial charge in [0.2, 0.25) is 5.82 Å². The van der Waals surface area contributed by atoms with Gasteiger partial charge in [0.25, 0.3) is 5.91 Å². The molecule has 0 aliphatic carbocycles. The van der Waals surface area contributed by atoms with E-state index in [2.05, 4.69) is 4.98 Å². The molecule has 0 fully saturated rings. The molecule has 0 unspecified atom stereocenters. The second kappa shape index (κ2) is 3.05. The maximum Gasteiger partial charge on any atom is 0.323 e. The molecule has 0 saturated carbocycles. The maximum absolute atomic E-state index is 10.7. The zero-order valence-corrected chi connectivity index (χ0v) is 6.43. The van der Waals surface area contributed by atoms with Crippen molar-refractivity contribution in [2.75, 3.05) is 5.73 Å². The number of carbonyl (C=O) groups excluding carboxylic acids is 1. The van der Waals surface area contributed by atoms with Crippen molar-refractivity contribution < 1.29 is 9.72 Å². The summed E-state index contributed by atoms with van der Waals surface area (Å²) in [6.45, 7) is 0. The number of hydrogen-bond donors (Lipinski definition) is 2. The second-order valence-corrected chi connectivity index (χ2v) is 2.21.